The summed E-state index contributed by atoms with van der Waals surface area (Å²) in [7, 11) is 0. The summed E-state index contributed by atoms with van der Waals surface area (Å²) < 4.78 is 1.73. The van der Waals surface area contributed by atoms with Gasteiger partial charge in [0, 0.05) is 18.0 Å². The summed E-state index contributed by atoms with van der Waals surface area (Å²) in [5.74, 6) is -0.975. The Morgan fingerprint density at radius 2 is 1.89 bits per heavy atom. The van der Waals surface area contributed by atoms with E-state index >= 15 is 0 Å². The molecule has 94 valence electrons. The monoisotopic (exact) mass is 245 g/mol. The summed E-state index contributed by atoms with van der Waals surface area (Å²) in [6, 6.07) is 3.57. The van der Waals surface area contributed by atoms with Gasteiger partial charge in [-0.3, -0.25) is 9.67 Å². The van der Waals surface area contributed by atoms with Crippen molar-refractivity contribution >= 4 is 5.97 Å². The van der Waals surface area contributed by atoms with E-state index in [0.29, 0.717) is 5.69 Å². The lowest BCUT2D eigenvalue weighted by molar-refractivity contribution is 0.0697. The Kier molecular flexibility index (Phi) is 2.90. The molecule has 2 heterocycles. The van der Waals surface area contributed by atoms with Crippen molar-refractivity contribution in [2.24, 2.45) is 0 Å². The van der Waals surface area contributed by atoms with E-state index in [1.54, 1.807) is 29.2 Å². The highest BCUT2D eigenvalue weighted by atomic mass is 16.4. The van der Waals surface area contributed by atoms with Gasteiger partial charge in [0.25, 0.3) is 0 Å². The maximum Gasteiger partial charge on any atom is 0.339 e. The third kappa shape index (κ3) is 2.11. The van der Waals surface area contributed by atoms with Gasteiger partial charge >= 0.3 is 5.97 Å². The van der Waals surface area contributed by atoms with E-state index in [9.17, 15) is 9.90 Å². The first kappa shape index (κ1) is 12.3. The lowest BCUT2D eigenvalue weighted by atomic mass is 10.1. The molecule has 18 heavy (non-hydrogen) atoms. The lowest BCUT2D eigenvalue weighted by Crippen LogP contribution is -2.24. The molecule has 0 amide bonds. The third-order valence-electron chi connectivity index (χ3n) is 2.59. The van der Waals surface area contributed by atoms with E-state index in [4.69, 9.17) is 0 Å². The van der Waals surface area contributed by atoms with Gasteiger partial charge < -0.3 is 5.11 Å². The lowest BCUT2D eigenvalue weighted by Gasteiger charge is -2.22. The van der Waals surface area contributed by atoms with Crippen molar-refractivity contribution in [2.45, 2.75) is 26.3 Å². The first-order valence-corrected chi connectivity index (χ1v) is 5.63. The third-order valence-corrected chi connectivity index (χ3v) is 2.59. The molecule has 0 aliphatic rings. The fourth-order valence-corrected chi connectivity index (χ4v) is 1.80. The summed E-state index contributed by atoms with van der Waals surface area (Å²) in [4.78, 5) is 15.2. The van der Waals surface area contributed by atoms with E-state index in [1.807, 2.05) is 20.8 Å². The molecule has 5 heteroatoms. The zero-order chi connectivity index (χ0) is 13.3. The molecule has 0 unspecified atom stereocenters. The van der Waals surface area contributed by atoms with Gasteiger partial charge in [-0.25, -0.2) is 4.79 Å². The number of carboxylic acids is 1. The van der Waals surface area contributed by atoms with Crippen LogP contribution in [0.2, 0.25) is 0 Å². The molecule has 0 radical (unpaired) electrons. The second kappa shape index (κ2) is 4.25. The summed E-state index contributed by atoms with van der Waals surface area (Å²) in [5, 5.41) is 13.4. The predicted molar refractivity (Wildman–Crippen MR) is 67.4 cm³/mol. The van der Waals surface area contributed by atoms with Gasteiger partial charge in [0.2, 0.25) is 0 Å². The number of nitrogens with zero attached hydrogens (tertiary/aromatic N) is 3. The second-order valence-corrected chi connectivity index (χ2v) is 5.03. The largest absolute Gasteiger partial charge is 0.478 e. The topological polar surface area (TPSA) is 68.0 Å². The van der Waals surface area contributed by atoms with Crippen LogP contribution in [0.5, 0.6) is 0 Å². The average Bonchev–Trinajstić information content (AvgIpc) is 2.74. The number of hydrogen-bond acceptors (Lipinski definition) is 3. The van der Waals surface area contributed by atoms with Gasteiger partial charge in [-0.05, 0) is 32.9 Å². The van der Waals surface area contributed by atoms with Crippen molar-refractivity contribution in [3.8, 4) is 11.3 Å². The summed E-state index contributed by atoms with van der Waals surface area (Å²) in [6.07, 6.45) is 4.67. The highest BCUT2D eigenvalue weighted by molar-refractivity contribution is 5.94. The zero-order valence-corrected chi connectivity index (χ0v) is 10.6. The van der Waals surface area contributed by atoms with E-state index in [1.165, 1.54) is 6.20 Å². The Hall–Kier alpha value is -2.17. The van der Waals surface area contributed by atoms with E-state index in [0.717, 1.165) is 5.56 Å². The first-order valence-electron chi connectivity index (χ1n) is 5.63. The predicted octanol–water partition coefficient (Wildman–Crippen LogP) is 2.40. The molecule has 0 aliphatic carbocycles. The molecule has 2 aromatic heterocycles. The Morgan fingerprint density at radius 1 is 1.28 bits per heavy atom. The average molecular weight is 245 g/mol. The van der Waals surface area contributed by atoms with Gasteiger partial charge in [-0.2, -0.15) is 5.10 Å². The molecule has 0 aliphatic heterocycles. The van der Waals surface area contributed by atoms with Crippen molar-refractivity contribution in [3.05, 3.63) is 36.3 Å². The quantitative estimate of drug-likeness (QED) is 0.882. The number of hydrogen-bond donors (Lipinski definition) is 1. The first-order chi connectivity index (χ1) is 8.41. The van der Waals surface area contributed by atoms with Crippen LogP contribution in [0, 0.1) is 0 Å². The summed E-state index contributed by atoms with van der Waals surface area (Å²) in [5.41, 5.74) is 1.33. The smallest absolute Gasteiger partial charge is 0.339 e. The molecule has 2 rings (SSSR count). The highest BCUT2D eigenvalue weighted by Crippen LogP contribution is 2.28. The van der Waals surface area contributed by atoms with Crippen molar-refractivity contribution in [2.75, 3.05) is 0 Å². The molecule has 0 saturated heterocycles. The molecule has 0 atom stereocenters. The maximum absolute atomic E-state index is 11.3. The van der Waals surface area contributed by atoms with Crippen LogP contribution < -0.4 is 0 Å². The Labute approximate surface area is 105 Å². The minimum atomic E-state index is -0.975. The number of pyridine rings is 1. The van der Waals surface area contributed by atoms with Gasteiger partial charge in [-0.1, -0.05) is 0 Å². The normalized spacial score (nSPS) is 11.5. The molecular weight excluding hydrogens is 230 g/mol. The standard InChI is InChI=1S/C13H15N3O2/c1-13(2,3)16-11(9-4-6-14-7-5-9)10(8-15-16)12(17)18/h4-8H,1-3H3,(H,17,18). The van der Waals surface area contributed by atoms with Gasteiger partial charge in [0.05, 0.1) is 17.4 Å². The van der Waals surface area contributed by atoms with Crippen LogP contribution in [0.3, 0.4) is 0 Å². The number of aromatic carboxylic acids is 1. The zero-order valence-electron chi connectivity index (χ0n) is 10.6. The number of carbonyl (C=O) groups is 1. The van der Waals surface area contributed by atoms with Crippen LogP contribution in [0.4, 0.5) is 0 Å². The van der Waals surface area contributed by atoms with E-state index in [-0.39, 0.29) is 11.1 Å². The fourth-order valence-electron chi connectivity index (χ4n) is 1.80. The minimum absolute atomic E-state index is 0.205. The maximum atomic E-state index is 11.3. The Morgan fingerprint density at radius 3 is 2.39 bits per heavy atom. The van der Waals surface area contributed by atoms with Gasteiger partial charge in [0.15, 0.2) is 0 Å². The van der Waals surface area contributed by atoms with Gasteiger partial charge in [0.1, 0.15) is 5.56 Å². The molecule has 0 fully saturated rings. The fraction of sp³-hybridized carbons (Fsp3) is 0.308. The number of aromatic nitrogens is 3. The molecular formula is C13H15N3O2. The van der Waals surface area contributed by atoms with Gasteiger partial charge in [-0.15, -0.1) is 0 Å². The second-order valence-electron chi connectivity index (χ2n) is 5.03. The number of rotatable bonds is 2. The minimum Gasteiger partial charge on any atom is -0.478 e. The molecule has 0 saturated carbocycles. The van der Waals surface area contributed by atoms with Crippen molar-refractivity contribution in [1.82, 2.24) is 14.8 Å². The summed E-state index contributed by atoms with van der Waals surface area (Å²) >= 11 is 0. The Bertz CT molecular complexity index is 568. The van der Waals surface area contributed by atoms with Crippen LogP contribution >= 0.6 is 0 Å². The molecule has 1 N–H and O–H groups in total. The highest BCUT2D eigenvalue weighted by Gasteiger charge is 2.24. The molecule has 0 spiro atoms. The Balaban J connectivity index is 2.70. The van der Waals surface area contributed by atoms with Crippen molar-refractivity contribution < 1.29 is 9.90 Å². The number of carboxylic acid groups (broad SMARTS) is 1. The van der Waals surface area contributed by atoms with Crippen molar-refractivity contribution in [1.29, 1.82) is 0 Å². The van der Waals surface area contributed by atoms with E-state index < -0.39 is 5.97 Å². The molecule has 5 nitrogen and oxygen atoms in total. The van der Waals surface area contributed by atoms with Crippen LogP contribution in [-0.4, -0.2) is 25.8 Å². The molecule has 2 aromatic rings. The van der Waals surface area contributed by atoms with Crippen LogP contribution in [0.15, 0.2) is 30.7 Å². The SMILES string of the molecule is CC(C)(C)n1ncc(C(=O)O)c1-c1ccncc1. The molecule has 0 aromatic carbocycles. The van der Waals surface area contributed by atoms with Crippen LogP contribution in [-0.2, 0) is 5.54 Å². The van der Waals surface area contributed by atoms with Crippen LogP contribution in [0.1, 0.15) is 31.1 Å². The van der Waals surface area contributed by atoms with E-state index in [2.05, 4.69) is 10.1 Å². The summed E-state index contributed by atoms with van der Waals surface area (Å²) in [6.45, 7) is 5.95. The van der Waals surface area contributed by atoms with Crippen LogP contribution in [0.25, 0.3) is 11.3 Å². The van der Waals surface area contributed by atoms with Crippen molar-refractivity contribution in [3.63, 3.8) is 0 Å². The molecule has 0 bridgehead atoms.